The third-order valence-corrected chi connectivity index (χ3v) is 14.2. The van der Waals surface area contributed by atoms with E-state index in [1.807, 2.05) is 0 Å². The molecule has 0 aliphatic heterocycles. The largest absolute Gasteiger partial charge is 0.462 e. The van der Waals surface area contributed by atoms with Gasteiger partial charge in [0.25, 0.3) is 0 Å². The molecular weight excluding hydrogens is 925 g/mol. The van der Waals surface area contributed by atoms with Crippen LogP contribution in [0.2, 0.25) is 0 Å². The molecule has 6 heteroatoms. The minimum atomic E-state index is -0.788. The SMILES string of the molecule is CC/C=C\C/C=C\C/C=C\CCCCCC(=O)OC(COC(=O)CCCCCCCCCCCCCCC)COC(=O)CCCCCCCCCCCCCCCCCC/C=C\C/C=C\C/C=C\CCCCCCC. The zero-order valence-electron chi connectivity index (χ0n) is 49.8. The molecule has 1 atom stereocenters. The zero-order chi connectivity index (χ0) is 54.3. The van der Waals surface area contributed by atoms with Crippen LogP contribution in [0.15, 0.2) is 72.9 Å². The van der Waals surface area contributed by atoms with Crippen molar-refractivity contribution in [3.8, 4) is 0 Å². The predicted octanol–water partition coefficient (Wildman–Crippen LogP) is 22.1. The number of carbonyl (C=O) groups excluding carboxylic acids is 3. The number of carbonyl (C=O) groups is 3. The summed E-state index contributed by atoms with van der Waals surface area (Å²) in [6.45, 7) is 6.52. The van der Waals surface area contributed by atoms with Crippen LogP contribution in [0, 0.1) is 0 Å². The number of hydrogen-bond donors (Lipinski definition) is 0. The van der Waals surface area contributed by atoms with Crippen LogP contribution in [-0.2, 0) is 28.6 Å². The molecule has 0 aliphatic carbocycles. The van der Waals surface area contributed by atoms with Gasteiger partial charge in [0.1, 0.15) is 13.2 Å². The Labute approximate surface area is 465 Å². The zero-order valence-corrected chi connectivity index (χ0v) is 49.8. The number of ether oxygens (including phenoxy) is 3. The van der Waals surface area contributed by atoms with Gasteiger partial charge in [-0.05, 0) is 89.9 Å². The molecule has 0 N–H and O–H groups in total. The monoisotopic (exact) mass is 1050 g/mol. The normalized spacial score (nSPS) is 12.5. The highest BCUT2D eigenvalue weighted by molar-refractivity contribution is 5.71. The van der Waals surface area contributed by atoms with Crippen LogP contribution < -0.4 is 0 Å². The maximum atomic E-state index is 12.8. The van der Waals surface area contributed by atoms with E-state index < -0.39 is 6.10 Å². The Kier molecular flexibility index (Phi) is 60.7. The average molecular weight is 1050 g/mol. The number of unbranched alkanes of at least 4 members (excludes halogenated alkanes) is 36. The second-order valence-corrected chi connectivity index (χ2v) is 21.6. The Balaban J connectivity index is 4.15. The number of esters is 3. The van der Waals surface area contributed by atoms with Gasteiger partial charge in [-0.25, -0.2) is 0 Å². The van der Waals surface area contributed by atoms with Gasteiger partial charge in [0, 0.05) is 19.3 Å². The molecule has 0 spiro atoms. The van der Waals surface area contributed by atoms with E-state index in [-0.39, 0.29) is 31.1 Å². The molecule has 0 radical (unpaired) electrons. The van der Waals surface area contributed by atoms with Crippen molar-refractivity contribution in [3.05, 3.63) is 72.9 Å². The molecule has 6 nitrogen and oxygen atoms in total. The summed E-state index contributed by atoms with van der Waals surface area (Å²) in [5.74, 6) is -0.899. The minimum absolute atomic E-state index is 0.0834. The predicted molar refractivity (Wildman–Crippen MR) is 325 cm³/mol. The second kappa shape index (κ2) is 63.4. The van der Waals surface area contributed by atoms with Gasteiger partial charge >= 0.3 is 17.9 Å². The summed E-state index contributed by atoms with van der Waals surface area (Å²) >= 11 is 0. The molecule has 434 valence electrons. The van der Waals surface area contributed by atoms with Crippen LogP contribution in [0.1, 0.15) is 329 Å². The fraction of sp³-hybridized carbons (Fsp3) is 0.783. The van der Waals surface area contributed by atoms with Gasteiger partial charge in [-0.15, -0.1) is 0 Å². The van der Waals surface area contributed by atoms with E-state index in [1.165, 1.54) is 193 Å². The molecule has 1 unspecified atom stereocenters. The Morgan fingerprint density at radius 2 is 0.520 bits per heavy atom. The molecule has 0 aromatic carbocycles. The van der Waals surface area contributed by atoms with Crippen molar-refractivity contribution in [3.63, 3.8) is 0 Å². The molecule has 0 amide bonds. The van der Waals surface area contributed by atoms with Crippen LogP contribution in [-0.4, -0.2) is 37.2 Å². The smallest absolute Gasteiger partial charge is 0.306 e. The summed E-state index contributed by atoms with van der Waals surface area (Å²) in [7, 11) is 0. The Hall–Kier alpha value is -3.15. The lowest BCUT2D eigenvalue weighted by molar-refractivity contribution is -0.167. The molecule has 0 aliphatic rings. The summed E-state index contributed by atoms with van der Waals surface area (Å²) in [5, 5.41) is 0. The average Bonchev–Trinajstić information content (AvgIpc) is 3.41. The van der Waals surface area contributed by atoms with Crippen LogP contribution in [0.3, 0.4) is 0 Å². The van der Waals surface area contributed by atoms with E-state index in [4.69, 9.17) is 14.2 Å². The minimum Gasteiger partial charge on any atom is -0.462 e. The van der Waals surface area contributed by atoms with Crippen molar-refractivity contribution in [2.24, 2.45) is 0 Å². The van der Waals surface area contributed by atoms with E-state index >= 15 is 0 Å². The Morgan fingerprint density at radius 1 is 0.280 bits per heavy atom. The molecule has 0 rings (SSSR count). The third-order valence-electron chi connectivity index (χ3n) is 14.2. The van der Waals surface area contributed by atoms with Crippen molar-refractivity contribution < 1.29 is 28.6 Å². The van der Waals surface area contributed by atoms with Gasteiger partial charge in [0.15, 0.2) is 6.10 Å². The maximum absolute atomic E-state index is 12.8. The molecule has 0 saturated heterocycles. The lowest BCUT2D eigenvalue weighted by atomic mass is 10.0. The highest BCUT2D eigenvalue weighted by Crippen LogP contribution is 2.17. The van der Waals surface area contributed by atoms with Gasteiger partial charge in [0.05, 0.1) is 0 Å². The van der Waals surface area contributed by atoms with E-state index in [1.54, 1.807) is 0 Å². The highest BCUT2D eigenvalue weighted by Gasteiger charge is 2.19. The number of hydrogen-bond acceptors (Lipinski definition) is 6. The molecule has 0 saturated carbocycles. The summed E-state index contributed by atoms with van der Waals surface area (Å²) in [5.41, 5.74) is 0. The quantitative estimate of drug-likeness (QED) is 0.0261. The van der Waals surface area contributed by atoms with Crippen LogP contribution in [0.25, 0.3) is 0 Å². The number of allylic oxidation sites excluding steroid dienone is 12. The maximum Gasteiger partial charge on any atom is 0.306 e. The lowest BCUT2D eigenvalue weighted by Crippen LogP contribution is -2.30. The van der Waals surface area contributed by atoms with Gasteiger partial charge < -0.3 is 14.2 Å². The summed E-state index contributed by atoms with van der Waals surface area (Å²) in [6.07, 6.45) is 82.2. The van der Waals surface area contributed by atoms with Crippen LogP contribution in [0.5, 0.6) is 0 Å². The molecule has 0 fully saturated rings. The van der Waals surface area contributed by atoms with Gasteiger partial charge in [-0.2, -0.15) is 0 Å². The fourth-order valence-corrected chi connectivity index (χ4v) is 9.35. The van der Waals surface area contributed by atoms with Crippen LogP contribution >= 0.6 is 0 Å². The Bertz CT molecular complexity index is 1390. The molecule has 0 aromatic rings. The van der Waals surface area contributed by atoms with Crippen molar-refractivity contribution in [1.82, 2.24) is 0 Å². The highest BCUT2D eigenvalue weighted by atomic mass is 16.6. The first-order chi connectivity index (χ1) is 37.0. The summed E-state index contributed by atoms with van der Waals surface area (Å²) < 4.78 is 16.9. The third kappa shape index (κ3) is 61.6. The fourth-order valence-electron chi connectivity index (χ4n) is 9.35. The van der Waals surface area contributed by atoms with E-state index in [2.05, 4.69) is 93.7 Å². The van der Waals surface area contributed by atoms with Gasteiger partial charge in [-0.1, -0.05) is 293 Å². The van der Waals surface area contributed by atoms with E-state index in [0.717, 1.165) is 96.3 Å². The van der Waals surface area contributed by atoms with Crippen molar-refractivity contribution in [2.45, 2.75) is 335 Å². The molecular formula is C69H122O6. The van der Waals surface area contributed by atoms with E-state index in [9.17, 15) is 14.4 Å². The van der Waals surface area contributed by atoms with E-state index in [0.29, 0.717) is 19.3 Å². The van der Waals surface area contributed by atoms with Crippen LogP contribution in [0.4, 0.5) is 0 Å². The molecule has 0 bridgehead atoms. The lowest BCUT2D eigenvalue weighted by Gasteiger charge is -2.18. The van der Waals surface area contributed by atoms with Gasteiger partial charge in [0.2, 0.25) is 0 Å². The first-order valence-electron chi connectivity index (χ1n) is 32.4. The first-order valence-corrected chi connectivity index (χ1v) is 32.4. The molecule has 0 heterocycles. The second-order valence-electron chi connectivity index (χ2n) is 21.6. The Morgan fingerprint density at radius 3 is 0.827 bits per heavy atom. The standard InChI is InChI=1S/C69H122O6/c1-4-7-10-13-16-19-22-25-26-27-28-29-30-31-32-33-34-35-36-37-38-39-40-41-42-45-47-50-53-56-59-62-68(71)74-65-66(75-69(72)63-60-57-54-51-48-44-24-21-18-15-12-9-6-3)64-73-67(70)61-58-55-52-49-46-43-23-20-17-14-11-8-5-2/h9,12,18,21-22,25,27-28,30-31,44,48,66H,4-8,10-11,13-17,19-20,23-24,26,29,32-43,45-47,49-65H2,1-3H3/b12-9-,21-18-,25-22-,28-27-,31-30-,48-44-. The van der Waals surface area contributed by atoms with Crippen molar-refractivity contribution >= 4 is 17.9 Å². The summed E-state index contributed by atoms with van der Waals surface area (Å²) in [4.78, 5) is 38.2. The summed E-state index contributed by atoms with van der Waals surface area (Å²) in [6, 6.07) is 0. The van der Waals surface area contributed by atoms with Gasteiger partial charge in [-0.3, -0.25) is 14.4 Å². The topological polar surface area (TPSA) is 78.9 Å². The first kappa shape index (κ1) is 71.8. The molecule has 75 heavy (non-hydrogen) atoms. The van der Waals surface area contributed by atoms with Crippen molar-refractivity contribution in [2.75, 3.05) is 13.2 Å². The van der Waals surface area contributed by atoms with Crippen molar-refractivity contribution in [1.29, 1.82) is 0 Å². The number of rotatable bonds is 59. The molecule has 0 aromatic heterocycles.